The van der Waals surface area contributed by atoms with Crippen LogP contribution in [0.1, 0.15) is 72.1 Å². The van der Waals surface area contributed by atoms with Gasteiger partial charge in [-0.3, -0.25) is 14.4 Å². The molecule has 1 N–H and O–H groups in total. The molecule has 7 nitrogen and oxygen atoms in total. The van der Waals surface area contributed by atoms with E-state index < -0.39 is 22.6 Å². The first-order chi connectivity index (χ1) is 17.8. The molecule has 2 amide bonds. The van der Waals surface area contributed by atoms with Crippen molar-refractivity contribution in [3.05, 3.63) is 25.3 Å². The number of amides is 2. The van der Waals surface area contributed by atoms with Crippen molar-refractivity contribution in [2.45, 2.75) is 94.2 Å². The Hall–Kier alpha value is -1.80. The third-order valence-corrected chi connectivity index (χ3v) is 10.5. The number of unbranched alkanes of at least 4 members (excludes halogenated alkanes) is 3. The summed E-state index contributed by atoms with van der Waals surface area (Å²) in [6.45, 7) is 15.2. The second-order valence-corrected chi connectivity index (χ2v) is 12.4. The zero-order chi connectivity index (χ0) is 27.2. The van der Waals surface area contributed by atoms with E-state index in [1.165, 1.54) is 0 Å². The first-order valence-electron chi connectivity index (χ1n) is 14.1. The fourth-order valence-corrected chi connectivity index (χ4v) is 9.14. The standard InChI is InChI=1S/C29H46N2O5S/c1-6-9-13-18-36-28(35)23-22-19-20(4)29(37-22)24(23)26(33)31(16-11-10-12-17-32)25(29)27(34)30(15-8-3)21(5)14-7-2/h6,8,20-25,32H,1,3,7,9-19H2,2,4-5H3/t20?,21?,22-,23+,24-,25?,29?/m0/s1. The van der Waals surface area contributed by atoms with Crippen LogP contribution in [-0.4, -0.2) is 81.1 Å². The first-order valence-corrected chi connectivity index (χ1v) is 15.0. The summed E-state index contributed by atoms with van der Waals surface area (Å²) in [5.74, 6) is -1.35. The fourth-order valence-electron chi connectivity index (χ4n) is 6.73. The molecule has 3 rings (SSSR count). The van der Waals surface area contributed by atoms with E-state index in [-0.39, 0.29) is 41.6 Å². The highest BCUT2D eigenvalue weighted by Crippen LogP contribution is 2.68. The van der Waals surface area contributed by atoms with Crippen molar-refractivity contribution in [2.75, 3.05) is 26.3 Å². The minimum Gasteiger partial charge on any atom is -0.465 e. The predicted molar refractivity (Wildman–Crippen MR) is 148 cm³/mol. The molecule has 8 heteroatoms. The zero-order valence-corrected chi connectivity index (χ0v) is 23.7. The Kier molecular flexibility index (Phi) is 10.7. The molecule has 3 saturated heterocycles. The molecule has 0 aliphatic carbocycles. The second kappa shape index (κ2) is 13.3. The van der Waals surface area contributed by atoms with Crippen molar-refractivity contribution >= 4 is 29.5 Å². The van der Waals surface area contributed by atoms with Gasteiger partial charge in [-0.1, -0.05) is 32.4 Å². The van der Waals surface area contributed by atoms with Gasteiger partial charge in [0.15, 0.2) is 0 Å². The number of carbonyl (C=O) groups is 3. The molecule has 0 aromatic carbocycles. The SMILES string of the molecule is C=CCCCOC(=O)[C@@H]1[C@@H]2CC(C)C3(S2)C(C(=O)N(CC=C)C(C)CCC)N(CCCCCO)C(=O)[C@H]13. The van der Waals surface area contributed by atoms with Crippen LogP contribution in [0.2, 0.25) is 0 Å². The van der Waals surface area contributed by atoms with Gasteiger partial charge in [0.05, 0.1) is 23.2 Å². The number of hydrogen-bond acceptors (Lipinski definition) is 6. The summed E-state index contributed by atoms with van der Waals surface area (Å²) >= 11 is 1.69. The van der Waals surface area contributed by atoms with Crippen molar-refractivity contribution in [3.8, 4) is 0 Å². The lowest BCUT2D eigenvalue weighted by atomic mass is 9.66. The maximum Gasteiger partial charge on any atom is 0.310 e. The highest BCUT2D eigenvalue weighted by molar-refractivity contribution is 8.02. The second-order valence-electron chi connectivity index (χ2n) is 10.9. The third-order valence-electron chi connectivity index (χ3n) is 8.45. The van der Waals surface area contributed by atoms with Crippen LogP contribution < -0.4 is 0 Å². The highest BCUT2D eigenvalue weighted by Gasteiger charge is 2.76. The monoisotopic (exact) mass is 534 g/mol. The summed E-state index contributed by atoms with van der Waals surface area (Å²) in [7, 11) is 0. The molecular formula is C29H46N2O5S. The predicted octanol–water partition coefficient (Wildman–Crippen LogP) is 4.20. The van der Waals surface area contributed by atoms with E-state index in [0.29, 0.717) is 39.0 Å². The number of esters is 1. The Bertz CT molecular complexity index is 850. The molecule has 208 valence electrons. The quantitative estimate of drug-likeness (QED) is 0.181. The third kappa shape index (κ3) is 5.65. The molecule has 3 aliphatic rings. The molecule has 3 aliphatic heterocycles. The number of aliphatic hydroxyl groups excluding tert-OH is 1. The maximum absolute atomic E-state index is 14.4. The summed E-state index contributed by atoms with van der Waals surface area (Å²) in [6.07, 6.45) is 9.83. The van der Waals surface area contributed by atoms with Crippen LogP contribution in [0.25, 0.3) is 0 Å². The Balaban J connectivity index is 1.96. The van der Waals surface area contributed by atoms with Crippen LogP contribution in [0.4, 0.5) is 0 Å². The van der Waals surface area contributed by atoms with Crippen LogP contribution in [0.15, 0.2) is 25.3 Å². The molecule has 37 heavy (non-hydrogen) atoms. The van der Waals surface area contributed by atoms with Crippen molar-refractivity contribution in [1.82, 2.24) is 9.80 Å². The van der Waals surface area contributed by atoms with Gasteiger partial charge >= 0.3 is 5.97 Å². The van der Waals surface area contributed by atoms with E-state index >= 15 is 0 Å². The summed E-state index contributed by atoms with van der Waals surface area (Å²) in [5.41, 5.74) is 0. The van der Waals surface area contributed by atoms with Gasteiger partial charge in [0, 0.05) is 31.0 Å². The van der Waals surface area contributed by atoms with Crippen LogP contribution in [0.3, 0.4) is 0 Å². The molecule has 1 spiro atoms. The van der Waals surface area contributed by atoms with Crippen LogP contribution >= 0.6 is 11.8 Å². The van der Waals surface area contributed by atoms with E-state index in [0.717, 1.165) is 32.1 Å². The number of thioether (sulfide) groups is 1. The van der Waals surface area contributed by atoms with Crippen molar-refractivity contribution in [3.63, 3.8) is 0 Å². The number of likely N-dealkylation sites (tertiary alicyclic amines) is 1. The average molecular weight is 535 g/mol. The van der Waals surface area contributed by atoms with Crippen molar-refractivity contribution < 1.29 is 24.2 Å². The molecule has 0 aromatic rings. The van der Waals surface area contributed by atoms with E-state index in [2.05, 4.69) is 33.9 Å². The van der Waals surface area contributed by atoms with Gasteiger partial charge in [0.25, 0.3) is 0 Å². The van der Waals surface area contributed by atoms with Gasteiger partial charge in [-0.25, -0.2) is 0 Å². The largest absolute Gasteiger partial charge is 0.465 e. The number of allylic oxidation sites excluding steroid dienone is 1. The highest BCUT2D eigenvalue weighted by atomic mass is 32.2. The van der Waals surface area contributed by atoms with Gasteiger partial charge < -0.3 is 19.6 Å². The zero-order valence-electron chi connectivity index (χ0n) is 22.9. The first kappa shape index (κ1) is 29.8. The summed E-state index contributed by atoms with van der Waals surface area (Å²) in [6, 6.07) is -0.580. The number of fused-ring (bicyclic) bond motifs is 1. The van der Waals surface area contributed by atoms with Gasteiger partial charge in [-0.15, -0.1) is 24.9 Å². The van der Waals surface area contributed by atoms with E-state index in [4.69, 9.17) is 4.74 Å². The Labute approximate surface area is 227 Å². The van der Waals surface area contributed by atoms with E-state index in [1.807, 2.05) is 4.90 Å². The Morgan fingerprint density at radius 1 is 1.27 bits per heavy atom. The van der Waals surface area contributed by atoms with Gasteiger partial charge in [-0.2, -0.15) is 0 Å². The number of carbonyl (C=O) groups excluding carboxylic acids is 3. The van der Waals surface area contributed by atoms with E-state index in [1.54, 1.807) is 28.8 Å². The van der Waals surface area contributed by atoms with Crippen LogP contribution in [-0.2, 0) is 19.1 Å². The average Bonchev–Trinajstić information content (AvgIpc) is 3.46. The fraction of sp³-hybridized carbons (Fsp3) is 0.759. The number of hydrogen-bond donors (Lipinski definition) is 1. The lowest BCUT2D eigenvalue weighted by molar-refractivity contribution is -0.154. The molecule has 0 radical (unpaired) electrons. The molecule has 7 atom stereocenters. The van der Waals surface area contributed by atoms with Gasteiger partial charge in [0.1, 0.15) is 6.04 Å². The summed E-state index contributed by atoms with van der Waals surface area (Å²) in [5, 5.41) is 9.22. The van der Waals surface area contributed by atoms with Crippen LogP contribution in [0.5, 0.6) is 0 Å². The van der Waals surface area contributed by atoms with Crippen molar-refractivity contribution in [1.29, 1.82) is 0 Å². The minimum atomic E-state index is -0.633. The van der Waals surface area contributed by atoms with Gasteiger partial charge in [-0.05, 0) is 57.8 Å². The van der Waals surface area contributed by atoms with Gasteiger partial charge in [0.2, 0.25) is 11.8 Å². The van der Waals surface area contributed by atoms with Crippen LogP contribution in [0, 0.1) is 17.8 Å². The molecule has 3 fully saturated rings. The molecule has 2 bridgehead atoms. The Morgan fingerprint density at radius 3 is 2.68 bits per heavy atom. The number of nitrogens with zero attached hydrogens (tertiary/aromatic N) is 2. The number of aliphatic hydroxyl groups is 1. The minimum absolute atomic E-state index is 0.0105. The molecule has 0 saturated carbocycles. The smallest absolute Gasteiger partial charge is 0.310 e. The molecular weight excluding hydrogens is 488 g/mol. The van der Waals surface area contributed by atoms with E-state index in [9.17, 15) is 19.5 Å². The topological polar surface area (TPSA) is 87.2 Å². The Morgan fingerprint density at radius 2 is 2.03 bits per heavy atom. The lowest BCUT2D eigenvalue weighted by Gasteiger charge is -2.41. The molecule has 0 aromatic heterocycles. The summed E-state index contributed by atoms with van der Waals surface area (Å²) in [4.78, 5) is 45.5. The van der Waals surface area contributed by atoms with Crippen molar-refractivity contribution in [2.24, 2.45) is 17.8 Å². The molecule has 3 heterocycles. The summed E-state index contributed by atoms with van der Waals surface area (Å²) < 4.78 is 5.03. The number of rotatable bonds is 16. The normalized spacial score (nSPS) is 30.8. The molecule has 4 unspecified atom stereocenters. The maximum atomic E-state index is 14.4. The number of ether oxygens (including phenoxy) is 1. The lowest BCUT2D eigenvalue weighted by Crippen LogP contribution is -2.58.